The van der Waals surface area contributed by atoms with Crippen molar-refractivity contribution < 1.29 is 14.7 Å². The second-order valence-electron chi connectivity index (χ2n) is 4.80. The number of carbonyl (C=O) groups excluding carboxylic acids is 1. The van der Waals surface area contributed by atoms with Crippen LogP contribution in [-0.4, -0.2) is 29.1 Å². The van der Waals surface area contributed by atoms with Crippen LogP contribution in [-0.2, 0) is 9.59 Å². The van der Waals surface area contributed by atoms with Crippen LogP contribution in [0.3, 0.4) is 0 Å². The molecule has 94 valence electrons. The highest BCUT2D eigenvalue weighted by Gasteiger charge is 2.25. The van der Waals surface area contributed by atoms with Crippen LogP contribution < -0.4 is 11.1 Å². The quantitative estimate of drug-likeness (QED) is 0.622. The van der Waals surface area contributed by atoms with Gasteiger partial charge in [-0.15, -0.1) is 0 Å². The summed E-state index contributed by atoms with van der Waals surface area (Å²) in [7, 11) is 0. The van der Waals surface area contributed by atoms with E-state index < -0.39 is 24.0 Å². The molecule has 0 aromatic rings. The SMILES string of the molecule is CC(C)C[C@@H](N)C(=O)N[C@H](C(=O)O)C(C)C. The van der Waals surface area contributed by atoms with Gasteiger partial charge in [0, 0.05) is 0 Å². The van der Waals surface area contributed by atoms with Gasteiger partial charge in [0.05, 0.1) is 6.04 Å². The molecule has 0 bridgehead atoms. The molecule has 1 amide bonds. The summed E-state index contributed by atoms with van der Waals surface area (Å²) in [6.45, 7) is 7.41. The summed E-state index contributed by atoms with van der Waals surface area (Å²) < 4.78 is 0. The lowest BCUT2D eigenvalue weighted by Gasteiger charge is -2.21. The van der Waals surface area contributed by atoms with Crippen LogP contribution in [0.15, 0.2) is 0 Å². The van der Waals surface area contributed by atoms with Crippen molar-refractivity contribution in [1.82, 2.24) is 5.32 Å². The van der Waals surface area contributed by atoms with Crippen LogP contribution in [0.2, 0.25) is 0 Å². The fraction of sp³-hybridized carbons (Fsp3) is 0.818. The zero-order valence-electron chi connectivity index (χ0n) is 10.4. The first-order chi connectivity index (χ1) is 7.25. The van der Waals surface area contributed by atoms with E-state index in [1.807, 2.05) is 13.8 Å². The van der Waals surface area contributed by atoms with E-state index in [-0.39, 0.29) is 5.92 Å². The van der Waals surface area contributed by atoms with E-state index in [4.69, 9.17) is 10.8 Å². The zero-order valence-corrected chi connectivity index (χ0v) is 10.4. The largest absolute Gasteiger partial charge is 0.480 e. The molecule has 0 rings (SSSR count). The highest BCUT2D eigenvalue weighted by molar-refractivity contribution is 5.86. The van der Waals surface area contributed by atoms with Crippen molar-refractivity contribution in [3.8, 4) is 0 Å². The second-order valence-corrected chi connectivity index (χ2v) is 4.80. The monoisotopic (exact) mass is 230 g/mol. The molecule has 0 aliphatic heterocycles. The number of amides is 1. The molecule has 0 aliphatic rings. The molecule has 0 spiro atoms. The minimum Gasteiger partial charge on any atom is -0.480 e. The maximum Gasteiger partial charge on any atom is 0.326 e. The first-order valence-electron chi connectivity index (χ1n) is 5.54. The average Bonchev–Trinajstić information content (AvgIpc) is 2.11. The van der Waals surface area contributed by atoms with Gasteiger partial charge in [-0.1, -0.05) is 27.7 Å². The Morgan fingerprint density at radius 3 is 2.06 bits per heavy atom. The van der Waals surface area contributed by atoms with E-state index >= 15 is 0 Å². The van der Waals surface area contributed by atoms with Crippen LogP contribution in [0.1, 0.15) is 34.1 Å². The van der Waals surface area contributed by atoms with Gasteiger partial charge in [0.2, 0.25) is 5.91 Å². The number of hydrogen-bond donors (Lipinski definition) is 3. The standard InChI is InChI=1S/C11H22N2O3/c1-6(2)5-8(12)10(14)13-9(7(3)4)11(15)16/h6-9H,5,12H2,1-4H3,(H,13,14)(H,15,16)/t8-,9+/m1/s1. The molecule has 4 N–H and O–H groups in total. The fourth-order valence-corrected chi connectivity index (χ4v) is 1.39. The Hall–Kier alpha value is -1.10. The highest BCUT2D eigenvalue weighted by atomic mass is 16.4. The van der Waals surface area contributed by atoms with Crippen LogP contribution in [0.5, 0.6) is 0 Å². The van der Waals surface area contributed by atoms with Gasteiger partial charge in [0.25, 0.3) is 0 Å². The van der Waals surface area contributed by atoms with Crippen LogP contribution in [0.4, 0.5) is 0 Å². The molecule has 0 unspecified atom stereocenters. The Kier molecular flexibility index (Phi) is 6.03. The number of carboxylic acid groups (broad SMARTS) is 1. The lowest BCUT2D eigenvalue weighted by Crippen LogP contribution is -2.50. The average molecular weight is 230 g/mol. The Balaban J connectivity index is 4.35. The zero-order chi connectivity index (χ0) is 12.9. The Morgan fingerprint density at radius 2 is 1.75 bits per heavy atom. The molecule has 0 heterocycles. The van der Waals surface area contributed by atoms with E-state index in [1.165, 1.54) is 0 Å². The number of carboxylic acids is 1. The third kappa shape index (κ3) is 5.11. The summed E-state index contributed by atoms with van der Waals surface area (Å²) in [4.78, 5) is 22.5. The van der Waals surface area contributed by atoms with Crippen LogP contribution in [0.25, 0.3) is 0 Å². The maximum atomic E-state index is 11.6. The predicted octanol–water partition coefficient (Wildman–Crippen LogP) is 0.585. The van der Waals surface area contributed by atoms with E-state index in [0.29, 0.717) is 12.3 Å². The molecular weight excluding hydrogens is 208 g/mol. The van der Waals surface area contributed by atoms with Gasteiger partial charge in [-0.25, -0.2) is 4.79 Å². The van der Waals surface area contributed by atoms with Gasteiger partial charge in [0.1, 0.15) is 6.04 Å². The lowest BCUT2D eigenvalue weighted by molar-refractivity contribution is -0.143. The van der Waals surface area contributed by atoms with Crippen molar-refractivity contribution in [2.45, 2.75) is 46.2 Å². The topological polar surface area (TPSA) is 92.4 Å². The number of carbonyl (C=O) groups is 2. The maximum absolute atomic E-state index is 11.6. The second kappa shape index (κ2) is 6.48. The highest BCUT2D eigenvalue weighted by Crippen LogP contribution is 2.05. The molecule has 5 heteroatoms. The van der Waals surface area contributed by atoms with Gasteiger partial charge >= 0.3 is 5.97 Å². The van der Waals surface area contributed by atoms with Crippen molar-refractivity contribution in [2.24, 2.45) is 17.6 Å². The smallest absolute Gasteiger partial charge is 0.326 e. The molecule has 0 fully saturated rings. The molecule has 0 aromatic heterocycles. The van der Waals surface area contributed by atoms with E-state index in [1.54, 1.807) is 13.8 Å². The first-order valence-corrected chi connectivity index (χ1v) is 5.54. The van der Waals surface area contributed by atoms with E-state index in [0.717, 1.165) is 0 Å². The van der Waals surface area contributed by atoms with Gasteiger partial charge in [0.15, 0.2) is 0 Å². The number of nitrogens with two attached hydrogens (primary N) is 1. The molecular formula is C11H22N2O3. The van der Waals surface area contributed by atoms with Gasteiger partial charge in [-0.05, 0) is 18.3 Å². The lowest BCUT2D eigenvalue weighted by atomic mass is 10.0. The number of rotatable bonds is 6. The molecule has 5 nitrogen and oxygen atoms in total. The Bertz CT molecular complexity index is 252. The van der Waals surface area contributed by atoms with Crippen LogP contribution in [0, 0.1) is 11.8 Å². The number of nitrogens with one attached hydrogen (secondary N) is 1. The van der Waals surface area contributed by atoms with E-state index in [9.17, 15) is 9.59 Å². The first kappa shape index (κ1) is 14.9. The third-order valence-electron chi connectivity index (χ3n) is 2.29. The summed E-state index contributed by atoms with van der Waals surface area (Å²) in [5.41, 5.74) is 5.66. The van der Waals surface area contributed by atoms with Crippen molar-refractivity contribution >= 4 is 11.9 Å². The Labute approximate surface area is 96.4 Å². The normalized spacial score (nSPS) is 14.9. The molecule has 0 saturated heterocycles. The summed E-state index contributed by atoms with van der Waals surface area (Å²) >= 11 is 0. The van der Waals surface area contributed by atoms with Gasteiger partial charge in [-0.3, -0.25) is 4.79 Å². The minimum absolute atomic E-state index is 0.160. The van der Waals surface area contributed by atoms with Gasteiger partial charge in [-0.2, -0.15) is 0 Å². The van der Waals surface area contributed by atoms with Gasteiger partial charge < -0.3 is 16.2 Å². The third-order valence-corrected chi connectivity index (χ3v) is 2.29. The van der Waals surface area contributed by atoms with Crippen molar-refractivity contribution in [3.63, 3.8) is 0 Å². The fourth-order valence-electron chi connectivity index (χ4n) is 1.39. The van der Waals surface area contributed by atoms with Crippen molar-refractivity contribution in [3.05, 3.63) is 0 Å². The van der Waals surface area contributed by atoms with Crippen molar-refractivity contribution in [1.29, 1.82) is 0 Å². The number of aliphatic carboxylic acids is 1. The predicted molar refractivity (Wildman–Crippen MR) is 61.8 cm³/mol. The van der Waals surface area contributed by atoms with E-state index in [2.05, 4.69) is 5.32 Å². The molecule has 0 aliphatic carbocycles. The van der Waals surface area contributed by atoms with Crippen LogP contribution >= 0.6 is 0 Å². The Morgan fingerprint density at radius 1 is 1.25 bits per heavy atom. The molecule has 16 heavy (non-hydrogen) atoms. The summed E-state index contributed by atoms with van der Waals surface area (Å²) in [5.74, 6) is -1.27. The minimum atomic E-state index is -1.03. The molecule has 0 radical (unpaired) electrons. The molecule has 0 aromatic carbocycles. The number of hydrogen-bond acceptors (Lipinski definition) is 3. The molecule has 2 atom stereocenters. The molecule has 0 saturated carbocycles. The summed E-state index contributed by atoms with van der Waals surface area (Å²) in [6, 6.07) is -1.51. The summed E-state index contributed by atoms with van der Waals surface area (Å²) in [6.07, 6.45) is 0.552. The van der Waals surface area contributed by atoms with Crippen molar-refractivity contribution in [2.75, 3.05) is 0 Å². The summed E-state index contributed by atoms with van der Waals surface area (Å²) in [5, 5.41) is 11.4.